The Hall–Kier alpha value is -1.49. The molecule has 1 aromatic carbocycles. The molecule has 1 N–H and O–H groups in total. The van der Waals surface area contributed by atoms with E-state index in [0.29, 0.717) is 18.7 Å². The highest BCUT2D eigenvalue weighted by atomic mass is 32.1. The fourth-order valence-corrected chi connectivity index (χ4v) is 2.79. The minimum absolute atomic E-state index is 0.00740. The van der Waals surface area contributed by atoms with Crippen molar-refractivity contribution in [2.45, 2.75) is 24.7 Å². The van der Waals surface area contributed by atoms with Crippen LogP contribution in [0.5, 0.6) is 0 Å². The fraction of sp³-hybridized carbons (Fsp3) is 0.467. The summed E-state index contributed by atoms with van der Waals surface area (Å²) in [6.45, 7) is 3.12. The Balaban J connectivity index is 2.16. The van der Waals surface area contributed by atoms with Crippen LogP contribution in [-0.2, 0) is 4.79 Å². The topological polar surface area (TPSA) is 49.4 Å². The first kappa shape index (κ1) is 14.9. The quantitative estimate of drug-likeness (QED) is 0.818. The summed E-state index contributed by atoms with van der Waals surface area (Å²) in [5, 5.41) is 2.67. The highest BCUT2D eigenvalue weighted by molar-refractivity contribution is 7.80. The number of benzene rings is 1. The van der Waals surface area contributed by atoms with Crippen molar-refractivity contribution in [1.82, 2.24) is 10.2 Å². The van der Waals surface area contributed by atoms with Crippen LogP contribution in [0.2, 0.25) is 0 Å². The molecule has 4 nitrogen and oxygen atoms in total. The van der Waals surface area contributed by atoms with Crippen molar-refractivity contribution < 1.29 is 9.59 Å². The molecule has 2 rings (SSSR count). The van der Waals surface area contributed by atoms with Crippen LogP contribution in [0.15, 0.2) is 23.1 Å². The molecule has 20 heavy (non-hydrogen) atoms. The van der Waals surface area contributed by atoms with Gasteiger partial charge >= 0.3 is 0 Å². The van der Waals surface area contributed by atoms with Crippen LogP contribution in [0.3, 0.4) is 0 Å². The van der Waals surface area contributed by atoms with Gasteiger partial charge < -0.3 is 10.2 Å². The highest BCUT2D eigenvalue weighted by Gasteiger charge is 2.28. The van der Waals surface area contributed by atoms with Crippen molar-refractivity contribution in [1.29, 1.82) is 0 Å². The van der Waals surface area contributed by atoms with Crippen LogP contribution in [0.4, 0.5) is 0 Å². The number of thiol groups is 1. The Morgan fingerprint density at radius 2 is 2.15 bits per heavy atom. The molecular weight excluding hydrogens is 272 g/mol. The van der Waals surface area contributed by atoms with Gasteiger partial charge in [-0.15, -0.1) is 12.6 Å². The third-order valence-corrected chi connectivity index (χ3v) is 4.06. The molecule has 1 heterocycles. The van der Waals surface area contributed by atoms with Gasteiger partial charge in [0.15, 0.2) is 0 Å². The van der Waals surface area contributed by atoms with E-state index in [1.54, 1.807) is 18.0 Å². The lowest BCUT2D eigenvalue weighted by Crippen LogP contribution is -2.45. The van der Waals surface area contributed by atoms with Crippen molar-refractivity contribution in [3.8, 4) is 0 Å². The summed E-state index contributed by atoms with van der Waals surface area (Å²) in [6.07, 6.45) is 1.71. The molecule has 108 valence electrons. The third kappa shape index (κ3) is 3.15. The van der Waals surface area contributed by atoms with Crippen LogP contribution in [0.25, 0.3) is 0 Å². The van der Waals surface area contributed by atoms with Gasteiger partial charge in [-0.05, 0) is 37.5 Å². The molecule has 1 unspecified atom stereocenters. The Labute approximate surface area is 124 Å². The minimum atomic E-state index is -0.0998. The van der Waals surface area contributed by atoms with E-state index in [1.165, 1.54) is 0 Å². The molecule has 1 aromatic rings. The number of hydrogen-bond donors (Lipinski definition) is 2. The molecule has 2 amide bonds. The van der Waals surface area contributed by atoms with E-state index in [-0.39, 0.29) is 17.7 Å². The van der Waals surface area contributed by atoms with Crippen molar-refractivity contribution in [2.24, 2.45) is 5.92 Å². The molecule has 0 saturated carbocycles. The van der Waals surface area contributed by atoms with Crippen molar-refractivity contribution in [3.63, 3.8) is 0 Å². The summed E-state index contributed by atoms with van der Waals surface area (Å²) in [7, 11) is 1.64. The zero-order valence-electron chi connectivity index (χ0n) is 11.8. The predicted molar refractivity (Wildman–Crippen MR) is 81.1 cm³/mol. The maximum Gasteiger partial charge on any atom is 0.254 e. The van der Waals surface area contributed by atoms with Gasteiger partial charge in [-0.3, -0.25) is 9.59 Å². The highest BCUT2D eigenvalue weighted by Crippen LogP contribution is 2.21. The van der Waals surface area contributed by atoms with Crippen molar-refractivity contribution >= 4 is 24.4 Å². The Morgan fingerprint density at radius 3 is 2.85 bits per heavy atom. The maximum absolute atomic E-state index is 12.6. The van der Waals surface area contributed by atoms with E-state index in [1.807, 2.05) is 19.1 Å². The normalized spacial score (nSPS) is 18.8. The molecule has 1 aliphatic rings. The number of aryl methyl sites for hydroxylation is 1. The van der Waals surface area contributed by atoms with Gasteiger partial charge in [0.05, 0.1) is 5.92 Å². The summed E-state index contributed by atoms with van der Waals surface area (Å²) >= 11 is 4.29. The van der Waals surface area contributed by atoms with Crippen LogP contribution in [-0.4, -0.2) is 36.9 Å². The molecule has 0 bridgehead atoms. The molecule has 1 aliphatic heterocycles. The third-order valence-electron chi connectivity index (χ3n) is 3.78. The molecular formula is C15H20N2O2S. The van der Waals surface area contributed by atoms with Gasteiger partial charge in [0.2, 0.25) is 5.91 Å². The molecule has 0 aliphatic carbocycles. The van der Waals surface area contributed by atoms with E-state index >= 15 is 0 Å². The zero-order chi connectivity index (χ0) is 14.7. The zero-order valence-corrected chi connectivity index (χ0v) is 12.7. The number of nitrogens with zero attached hydrogens (tertiary/aromatic N) is 1. The number of likely N-dealkylation sites (tertiary alicyclic amines) is 1. The first-order valence-electron chi connectivity index (χ1n) is 6.83. The van der Waals surface area contributed by atoms with Gasteiger partial charge in [0.1, 0.15) is 0 Å². The van der Waals surface area contributed by atoms with E-state index < -0.39 is 0 Å². The van der Waals surface area contributed by atoms with Gasteiger partial charge in [0, 0.05) is 30.6 Å². The average Bonchev–Trinajstić information content (AvgIpc) is 2.48. The van der Waals surface area contributed by atoms with Crippen LogP contribution in [0.1, 0.15) is 28.8 Å². The predicted octanol–water partition coefficient (Wildman–Crippen LogP) is 1.88. The largest absolute Gasteiger partial charge is 0.359 e. The number of amides is 2. The monoisotopic (exact) mass is 292 g/mol. The molecule has 0 aromatic heterocycles. The summed E-state index contributed by atoms with van der Waals surface area (Å²) in [4.78, 5) is 26.9. The van der Waals surface area contributed by atoms with Gasteiger partial charge in [0.25, 0.3) is 5.91 Å². The molecule has 1 atom stereocenters. The SMILES string of the molecule is CNC(=O)C1CCCN(C(=O)c2cc(S)ccc2C)C1. The summed E-state index contributed by atoms with van der Waals surface area (Å²) in [5.41, 5.74) is 1.62. The van der Waals surface area contributed by atoms with E-state index in [9.17, 15) is 9.59 Å². The lowest BCUT2D eigenvalue weighted by Gasteiger charge is -2.32. The second-order valence-electron chi connectivity index (χ2n) is 5.20. The Bertz CT molecular complexity index is 531. The summed E-state index contributed by atoms with van der Waals surface area (Å²) < 4.78 is 0. The number of carbonyl (C=O) groups is 2. The number of carbonyl (C=O) groups excluding carboxylic acids is 2. The van der Waals surface area contributed by atoms with Gasteiger partial charge in [-0.25, -0.2) is 0 Å². The standard InChI is InChI=1S/C15H20N2O2S/c1-10-5-6-12(20)8-13(10)15(19)17-7-3-4-11(9-17)14(18)16-2/h5-6,8,11,20H,3-4,7,9H2,1-2H3,(H,16,18). The van der Waals surface area contributed by atoms with Crippen LogP contribution >= 0.6 is 12.6 Å². The lowest BCUT2D eigenvalue weighted by molar-refractivity contribution is -0.125. The molecule has 0 radical (unpaired) electrons. The lowest BCUT2D eigenvalue weighted by atomic mass is 9.96. The number of rotatable bonds is 2. The van der Waals surface area contributed by atoms with Gasteiger partial charge in [-0.2, -0.15) is 0 Å². The Morgan fingerprint density at radius 1 is 1.40 bits per heavy atom. The fourth-order valence-electron chi connectivity index (χ4n) is 2.59. The minimum Gasteiger partial charge on any atom is -0.359 e. The van der Waals surface area contributed by atoms with Crippen LogP contribution in [0, 0.1) is 12.8 Å². The first-order valence-corrected chi connectivity index (χ1v) is 7.28. The first-order chi connectivity index (χ1) is 9.52. The summed E-state index contributed by atoms with van der Waals surface area (Å²) in [5.74, 6) is -0.0913. The Kier molecular flexibility index (Phi) is 4.70. The molecule has 1 fully saturated rings. The molecule has 5 heteroatoms. The van der Waals surface area contributed by atoms with Gasteiger partial charge in [-0.1, -0.05) is 6.07 Å². The number of piperidine rings is 1. The maximum atomic E-state index is 12.6. The van der Waals surface area contributed by atoms with E-state index in [2.05, 4.69) is 17.9 Å². The second-order valence-corrected chi connectivity index (χ2v) is 5.72. The smallest absolute Gasteiger partial charge is 0.254 e. The molecule has 1 saturated heterocycles. The number of hydrogen-bond acceptors (Lipinski definition) is 3. The van der Waals surface area contributed by atoms with Crippen LogP contribution < -0.4 is 5.32 Å². The number of nitrogens with one attached hydrogen (secondary N) is 1. The average molecular weight is 292 g/mol. The second kappa shape index (κ2) is 6.31. The van der Waals surface area contributed by atoms with E-state index in [4.69, 9.17) is 0 Å². The summed E-state index contributed by atoms with van der Waals surface area (Å²) in [6, 6.07) is 5.57. The van der Waals surface area contributed by atoms with Crippen molar-refractivity contribution in [2.75, 3.05) is 20.1 Å². The van der Waals surface area contributed by atoms with E-state index in [0.717, 1.165) is 23.3 Å². The van der Waals surface area contributed by atoms with Crippen molar-refractivity contribution in [3.05, 3.63) is 29.3 Å². The molecule has 0 spiro atoms.